The lowest BCUT2D eigenvalue weighted by Crippen LogP contribution is -2.61. The Morgan fingerprint density at radius 2 is 1.62 bits per heavy atom. The Balaban J connectivity index is 1.94. The number of imide groups is 1. The predicted molar refractivity (Wildman–Crippen MR) is 202 cm³/mol. The number of rotatable bonds is 10. The van der Waals surface area contributed by atoms with Crippen LogP contribution in [0.5, 0.6) is 0 Å². The lowest BCUT2D eigenvalue weighted by atomic mass is 9.89. The molecule has 17 heteroatoms. The van der Waals surface area contributed by atoms with Gasteiger partial charge in [0.15, 0.2) is 28.5 Å². The van der Waals surface area contributed by atoms with Crippen molar-refractivity contribution in [1.29, 1.82) is 0 Å². The summed E-state index contributed by atoms with van der Waals surface area (Å²) in [5.74, 6) is -0.492. The lowest BCUT2D eigenvalue weighted by molar-refractivity contribution is -0.0574. The molecule has 2 aliphatic heterocycles. The maximum atomic E-state index is 13.8. The van der Waals surface area contributed by atoms with Gasteiger partial charge in [-0.2, -0.15) is 8.42 Å². The monoisotopic (exact) mass is 778 g/mol. The molecule has 14 nitrogen and oxygen atoms in total. The smallest absolute Gasteiger partial charge is 0.332 e. The first kappa shape index (κ1) is 41.6. The van der Waals surface area contributed by atoms with Crippen LogP contribution in [0.25, 0.3) is 0 Å². The van der Waals surface area contributed by atoms with Gasteiger partial charge < -0.3 is 18.9 Å². The van der Waals surface area contributed by atoms with Gasteiger partial charge in [0.25, 0.3) is 21.6 Å². The zero-order valence-electron chi connectivity index (χ0n) is 32.4. The third-order valence-corrected chi connectivity index (χ3v) is 21.5. The quantitative estimate of drug-likeness (QED) is 0.250. The summed E-state index contributed by atoms with van der Waals surface area (Å²) < 4.78 is 55.8. The minimum Gasteiger partial charge on any atom is -0.414 e. The van der Waals surface area contributed by atoms with E-state index in [4.69, 9.17) is 17.8 Å². The molecule has 4 rings (SSSR count). The molecular formula is C35H54N4O10SSi2. The molecule has 288 valence electrons. The third kappa shape index (κ3) is 7.72. The first-order valence-electron chi connectivity index (χ1n) is 17.3. The van der Waals surface area contributed by atoms with E-state index in [2.05, 4.69) is 51.4 Å². The van der Waals surface area contributed by atoms with Crippen LogP contribution in [0.1, 0.15) is 70.6 Å². The second-order valence-electron chi connectivity index (χ2n) is 16.6. The number of hydrogen-bond acceptors (Lipinski definition) is 10. The number of urea groups is 1. The molecule has 0 bridgehead atoms. The van der Waals surface area contributed by atoms with Crippen LogP contribution >= 0.6 is 0 Å². The average Bonchev–Trinajstić information content (AvgIpc) is 3.47. The summed E-state index contributed by atoms with van der Waals surface area (Å²) in [6.07, 6.45) is -2.66. The normalized spacial score (nSPS) is 23.6. The van der Waals surface area contributed by atoms with Gasteiger partial charge in [-0.25, -0.2) is 13.8 Å². The van der Waals surface area contributed by atoms with Crippen molar-refractivity contribution in [3.8, 4) is 0 Å². The largest absolute Gasteiger partial charge is 0.414 e. The van der Waals surface area contributed by atoms with E-state index < -0.39 is 79.0 Å². The van der Waals surface area contributed by atoms with Crippen molar-refractivity contribution in [3.63, 3.8) is 0 Å². The van der Waals surface area contributed by atoms with Crippen molar-refractivity contribution in [2.45, 2.75) is 116 Å². The number of hydrogen-bond donors (Lipinski definition) is 2. The summed E-state index contributed by atoms with van der Waals surface area (Å²) >= 11 is 0. The Morgan fingerprint density at radius 3 is 2.17 bits per heavy atom. The van der Waals surface area contributed by atoms with Gasteiger partial charge in [0.1, 0.15) is 12.2 Å². The number of nitrogens with zero attached hydrogens (tertiary/aromatic N) is 2. The molecule has 0 aliphatic carbocycles. The van der Waals surface area contributed by atoms with E-state index in [0.29, 0.717) is 0 Å². The van der Waals surface area contributed by atoms with E-state index >= 15 is 0 Å². The molecule has 1 spiro atoms. The Morgan fingerprint density at radius 1 is 1.02 bits per heavy atom. The van der Waals surface area contributed by atoms with Crippen LogP contribution in [0.15, 0.2) is 57.2 Å². The van der Waals surface area contributed by atoms with Crippen LogP contribution in [-0.2, 0) is 34.9 Å². The van der Waals surface area contributed by atoms with E-state index in [-0.39, 0.29) is 34.4 Å². The minimum atomic E-state index is -4.53. The van der Waals surface area contributed by atoms with Crippen LogP contribution in [0.4, 0.5) is 4.79 Å². The molecule has 1 saturated heterocycles. The number of amides is 3. The van der Waals surface area contributed by atoms with E-state index in [1.54, 1.807) is 25.1 Å². The molecule has 1 aromatic carbocycles. The molecular weight excluding hydrogens is 725 g/mol. The Labute approximate surface area is 308 Å². The van der Waals surface area contributed by atoms with Crippen molar-refractivity contribution < 1.29 is 35.8 Å². The van der Waals surface area contributed by atoms with Gasteiger partial charge in [0.2, 0.25) is 0 Å². The number of ether oxygens (including phenoxy) is 1. The highest BCUT2D eigenvalue weighted by Gasteiger charge is 2.68. The average molecular weight is 779 g/mol. The van der Waals surface area contributed by atoms with Gasteiger partial charge >= 0.3 is 11.7 Å². The SMILES string of the molecule is Cc1cn([C@@H]2O[C@H](CO[Si](C)(C)C(C)(C)C(C)C)[C@@]3(OS(=O)(=O)C=C3NC(=O)NC(=O)c3ccccc3)[C@H]2O[Si](C)(C)C(C)(C)C)c(=O)n(C)c1=O. The molecule has 2 N–H and O–H groups in total. The van der Waals surface area contributed by atoms with Gasteiger partial charge in [-0.15, -0.1) is 0 Å². The summed E-state index contributed by atoms with van der Waals surface area (Å²) in [5, 5.41) is 4.91. The first-order chi connectivity index (χ1) is 23.7. The van der Waals surface area contributed by atoms with Gasteiger partial charge in [-0.3, -0.25) is 24.0 Å². The van der Waals surface area contributed by atoms with Crippen LogP contribution in [0.2, 0.25) is 36.3 Å². The van der Waals surface area contributed by atoms with Gasteiger partial charge in [0.05, 0.1) is 17.7 Å². The van der Waals surface area contributed by atoms with Crippen molar-refractivity contribution in [2.75, 3.05) is 6.61 Å². The summed E-state index contributed by atoms with van der Waals surface area (Å²) in [7, 11) is -8.69. The van der Waals surface area contributed by atoms with Gasteiger partial charge in [-0.05, 0) is 61.2 Å². The molecule has 52 heavy (non-hydrogen) atoms. The van der Waals surface area contributed by atoms with Crippen molar-refractivity contribution in [1.82, 2.24) is 19.8 Å². The summed E-state index contributed by atoms with van der Waals surface area (Å²) in [6.45, 7) is 23.8. The number of aryl methyl sites for hydroxylation is 1. The van der Waals surface area contributed by atoms with E-state index in [9.17, 15) is 27.6 Å². The molecule has 2 aromatic rings. The number of nitrogens with one attached hydrogen (secondary N) is 2. The van der Waals surface area contributed by atoms with E-state index in [0.717, 1.165) is 9.98 Å². The molecule has 1 fully saturated rings. The molecule has 0 saturated carbocycles. The highest BCUT2D eigenvalue weighted by molar-refractivity contribution is 7.90. The second-order valence-corrected chi connectivity index (χ2v) is 27.3. The van der Waals surface area contributed by atoms with Gasteiger partial charge in [-0.1, -0.05) is 66.7 Å². The topological polar surface area (TPSA) is 173 Å². The van der Waals surface area contributed by atoms with Crippen LogP contribution in [0, 0.1) is 12.8 Å². The zero-order chi connectivity index (χ0) is 39.4. The fourth-order valence-corrected chi connectivity index (χ4v) is 10.8. The Kier molecular flexibility index (Phi) is 11.4. The van der Waals surface area contributed by atoms with E-state index in [1.807, 2.05) is 33.9 Å². The second kappa shape index (κ2) is 14.2. The van der Waals surface area contributed by atoms with Crippen LogP contribution in [-0.4, -0.2) is 70.5 Å². The molecule has 3 heterocycles. The number of carbonyl (C=O) groups excluding carboxylic acids is 2. The molecule has 0 unspecified atom stereocenters. The van der Waals surface area contributed by atoms with Crippen molar-refractivity contribution in [2.24, 2.45) is 13.0 Å². The Bertz CT molecular complexity index is 1970. The first-order valence-corrected chi connectivity index (χ1v) is 24.6. The number of aromatic nitrogens is 2. The lowest BCUT2D eigenvalue weighted by Gasteiger charge is -2.45. The van der Waals surface area contributed by atoms with E-state index in [1.165, 1.54) is 29.9 Å². The summed E-state index contributed by atoms with van der Waals surface area (Å²) in [6, 6.07) is 7.02. The van der Waals surface area contributed by atoms with Gasteiger partial charge in [0, 0.05) is 24.4 Å². The fraction of sp³-hybridized carbons (Fsp3) is 0.600. The van der Waals surface area contributed by atoms with Crippen LogP contribution in [0.3, 0.4) is 0 Å². The highest BCUT2D eigenvalue weighted by atomic mass is 32.2. The number of carbonyl (C=O) groups is 2. The fourth-order valence-electron chi connectivity index (χ4n) is 5.91. The van der Waals surface area contributed by atoms with Crippen LogP contribution < -0.4 is 21.9 Å². The summed E-state index contributed by atoms with van der Waals surface area (Å²) in [4.78, 5) is 53.1. The highest BCUT2D eigenvalue weighted by Crippen LogP contribution is 2.53. The summed E-state index contributed by atoms with van der Waals surface area (Å²) in [5.41, 5.74) is -3.19. The molecule has 1 aromatic heterocycles. The molecule has 2 aliphatic rings. The molecule has 0 radical (unpaired) electrons. The maximum Gasteiger partial charge on any atom is 0.332 e. The maximum absolute atomic E-state index is 13.8. The number of benzene rings is 1. The minimum absolute atomic E-state index is 0.204. The van der Waals surface area contributed by atoms with Crippen molar-refractivity contribution >= 4 is 38.7 Å². The standard InChI is InChI=1S/C35H54N4O10SSi2/c1-22(2)34(7,8)52(12,13)46-20-26-35(25(21-50(44,45)49-35)36-31(42)37-28(40)24-17-15-14-16-18-24)27(48-51(10,11)33(4,5)6)30(47-26)39-19-23(3)29(41)38(9)32(39)43/h14-19,21-22,26-27,30H,20H2,1-13H3,(H2,36,37,40,42)/t26-,27+,30-,35-/m1/s1. The van der Waals surface area contributed by atoms with Crippen molar-refractivity contribution in [3.05, 3.63) is 79.6 Å². The molecule has 3 amide bonds. The molecule has 4 atom stereocenters. The zero-order valence-corrected chi connectivity index (χ0v) is 35.3. The third-order valence-electron chi connectivity index (χ3n) is 11.5. The predicted octanol–water partition coefficient (Wildman–Crippen LogP) is 4.88. The Hall–Kier alpha value is -3.20.